The Balaban J connectivity index is 1.61. The molecule has 30 heavy (non-hydrogen) atoms. The summed E-state index contributed by atoms with van der Waals surface area (Å²) in [5.74, 6) is 0.760. The number of benzene rings is 1. The highest BCUT2D eigenvalue weighted by Gasteiger charge is 2.36. The topological polar surface area (TPSA) is 90.1 Å². The van der Waals surface area contributed by atoms with Crippen molar-refractivity contribution in [1.29, 1.82) is 0 Å². The number of fused-ring (bicyclic) bond motifs is 1. The number of aromatic amines is 1. The molecule has 0 spiro atoms. The van der Waals surface area contributed by atoms with Crippen molar-refractivity contribution in [2.45, 2.75) is 58.2 Å². The molecule has 0 unspecified atom stereocenters. The Hall–Kier alpha value is -2.58. The summed E-state index contributed by atoms with van der Waals surface area (Å²) in [4.78, 5) is 17.8. The fourth-order valence-electron chi connectivity index (χ4n) is 4.95. The molecule has 2 saturated heterocycles. The van der Waals surface area contributed by atoms with Gasteiger partial charge in [0.2, 0.25) is 5.82 Å². The van der Waals surface area contributed by atoms with E-state index in [0.717, 1.165) is 73.2 Å². The van der Waals surface area contributed by atoms with Gasteiger partial charge in [0, 0.05) is 19.4 Å². The maximum Gasteiger partial charge on any atom is 0.258 e. The predicted octanol–water partition coefficient (Wildman–Crippen LogP) is 1.08. The van der Waals surface area contributed by atoms with E-state index in [0.29, 0.717) is 6.54 Å². The standard InChI is InChI=1S/C22H28N6O2/c1-14-7-8-16-12-18(22(29)23-19(16)15(14)2)20(27-9-3-4-10-27)21-24-25-26-28(21)13-17-6-5-11-30-17/h7-8,12,17,20H,3-6,9-11,13H2,1-2H3,(H,23,29)/p+1/t17-,20+/m0/s1. The molecule has 0 aliphatic carbocycles. The molecule has 2 aliphatic heterocycles. The molecule has 0 bridgehead atoms. The van der Waals surface area contributed by atoms with Gasteiger partial charge < -0.3 is 14.6 Å². The van der Waals surface area contributed by atoms with E-state index in [-0.39, 0.29) is 17.7 Å². The average molecular weight is 410 g/mol. The van der Waals surface area contributed by atoms with Crippen molar-refractivity contribution in [2.24, 2.45) is 0 Å². The summed E-state index contributed by atoms with van der Waals surface area (Å²) in [5, 5.41) is 13.7. The van der Waals surface area contributed by atoms with Crippen LogP contribution in [0.3, 0.4) is 0 Å². The van der Waals surface area contributed by atoms with Crippen molar-refractivity contribution in [3.05, 3.63) is 51.1 Å². The third-order valence-electron chi connectivity index (χ3n) is 6.76. The first-order valence-electron chi connectivity index (χ1n) is 11.0. The normalized spacial score (nSPS) is 20.9. The molecule has 0 radical (unpaired) electrons. The van der Waals surface area contributed by atoms with Crippen LogP contribution in [-0.4, -0.2) is 51.0 Å². The largest absolute Gasteiger partial charge is 0.376 e. The second-order valence-corrected chi connectivity index (χ2v) is 8.68. The number of hydrogen-bond acceptors (Lipinski definition) is 5. The fourth-order valence-corrected chi connectivity index (χ4v) is 4.95. The van der Waals surface area contributed by atoms with Crippen LogP contribution in [0.4, 0.5) is 0 Å². The van der Waals surface area contributed by atoms with Crippen LogP contribution in [0.25, 0.3) is 10.9 Å². The van der Waals surface area contributed by atoms with Gasteiger partial charge in [-0.25, -0.2) is 4.68 Å². The Bertz CT molecular complexity index is 1110. The predicted molar refractivity (Wildman–Crippen MR) is 113 cm³/mol. The zero-order valence-electron chi connectivity index (χ0n) is 17.6. The van der Waals surface area contributed by atoms with Crippen LogP contribution in [0.5, 0.6) is 0 Å². The number of aromatic nitrogens is 5. The summed E-state index contributed by atoms with van der Waals surface area (Å²) in [5.41, 5.74) is 3.90. The Morgan fingerprint density at radius 3 is 2.87 bits per heavy atom. The molecule has 2 atom stereocenters. The Morgan fingerprint density at radius 2 is 2.10 bits per heavy atom. The minimum atomic E-state index is -0.182. The smallest absolute Gasteiger partial charge is 0.258 e. The van der Waals surface area contributed by atoms with Crippen LogP contribution in [0.1, 0.15) is 54.2 Å². The first-order valence-corrected chi connectivity index (χ1v) is 11.0. The molecule has 158 valence electrons. The Kier molecular flexibility index (Phi) is 5.12. The number of hydrogen-bond donors (Lipinski definition) is 2. The number of nitrogens with one attached hydrogen (secondary N) is 2. The third-order valence-corrected chi connectivity index (χ3v) is 6.76. The first kappa shape index (κ1) is 19.4. The number of likely N-dealkylation sites (tertiary alicyclic amines) is 1. The minimum Gasteiger partial charge on any atom is -0.376 e. The Morgan fingerprint density at radius 1 is 1.27 bits per heavy atom. The number of H-pyrrole nitrogens is 1. The van der Waals surface area contributed by atoms with Gasteiger partial charge in [0.1, 0.15) is 0 Å². The molecule has 1 aromatic carbocycles. The SMILES string of the molecule is Cc1ccc2cc([C@H](c3nnnn3C[C@@H]3CCCO3)[NH+]3CCCC3)c(=O)[nH]c2c1C. The second-order valence-electron chi connectivity index (χ2n) is 8.68. The van der Waals surface area contributed by atoms with Crippen LogP contribution in [-0.2, 0) is 11.3 Å². The molecule has 0 amide bonds. The maximum absolute atomic E-state index is 13.3. The molecule has 3 aromatic rings. The monoisotopic (exact) mass is 409 g/mol. The van der Waals surface area contributed by atoms with Crippen molar-refractivity contribution >= 4 is 10.9 Å². The lowest BCUT2D eigenvalue weighted by atomic mass is 10.0. The zero-order valence-corrected chi connectivity index (χ0v) is 17.6. The number of quaternary nitrogens is 1. The lowest BCUT2D eigenvalue weighted by molar-refractivity contribution is -0.914. The van der Waals surface area contributed by atoms with Gasteiger partial charge >= 0.3 is 0 Å². The number of pyridine rings is 1. The van der Waals surface area contributed by atoms with Gasteiger partial charge in [-0.2, -0.15) is 0 Å². The molecular weight excluding hydrogens is 380 g/mol. The molecule has 5 rings (SSSR count). The molecule has 2 N–H and O–H groups in total. The first-order chi connectivity index (χ1) is 14.6. The lowest BCUT2D eigenvalue weighted by Crippen LogP contribution is -3.10. The third kappa shape index (κ3) is 3.44. The summed E-state index contributed by atoms with van der Waals surface area (Å²) in [6, 6.07) is 6.06. The highest BCUT2D eigenvalue weighted by molar-refractivity contribution is 5.83. The van der Waals surface area contributed by atoms with E-state index in [4.69, 9.17) is 4.74 Å². The molecule has 2 aliphatic rings. The van der Waals surface area contributed by atoms with Crippen LogP contribution in [0, 0.1) is 13.8 Å². The van der Waals surface area contributed by atoms with E-state index in [1.165, 1.54) is 10.5 Å². The number of rotatable bonds is 5. The average Bonchev–Trinajstić information content (AvgIpc) is 3.51. The fraction of sp³-hybridized carbons (Fsp3) is 0.545. The van der Waals surface area contributed by atoms with Crippen molar-refractivity contribution in [3.8, 4) is 0 Å². The van der Waals surface area contributed by atoms with Crippen LogP contribution in [0.15, 0.2) is 23.0 Å². The second kappa shape index (κ2) is 7.92. The summed E-state index contributed by atoms with van der Waals surface area (Å²) >= 11 is 0. The molecule has 8 nitrogen and oxygen atoms in total. The van der Waals surface area contributed by atoms with Crippen LogP contribution in [0.2, 0.25) is 0 Å². The van der Waals surface area contributed by atoms with E-state index < -0.39 is 0 Å². The summed E-state index contributed by atoms with van der Waals surface area (Å²) in [6.07, 6.45) is 4.55. The molecule has 8 heteroatoms. The molecular formula is C22H29N6O2+. The number of ether oxygens (including phenoxy) is 1. The number of tetrazole rings is 1. The summed E-state index contributed by atoms with van der Waals surface area (Å²) in [7, 11) is 0. The van der Waals surface area contributed by atoms with Crippen molar-refractivity contribution in [2.75, 3.05) is 19.7 Å². The minimum absolute atomic E-state index is 0.0488. The van der Waals surface area contributed by atoms with Crippen LogP contribution < -0.4 is 10.5 Å². The van der Waals surface area contributed by atoms with Gasteiger partial charge in [-0.3, -0.25) is 4.79 Å². The van der Waals surface area contributed by atoms with Gasteiger partial charge in [0.05, 0.1) is 36.8 Å². The zero-order chi connectivity index (χ0) is 20.7. The van der Waals surface area contributed by atoms with E-state index in [1.54, 1.807) is 0 Å². The lowest BCUT2D eigenvalue weighted by Gasteiger charge is -2.24. The van der Waals surface area contributed by atoms with Gasteiger partial charge in [0.15, 0.2) is 6.04 Å². The molecule has 2 fully saturated rings. The summed E-state index contributed by atoms with van der Waals surface area (Å²) < 4.78 is 7.66. The van der Waals surface area contributed by atoms with Gasteiger partial charge in [0.25, 0.3) is 5.56 Å². The maximum atomic E-state index is 13.3. The number of aryl methyl sites for hydroxylation is 2. The highest BCUT2D eigenvalue weighted by atomic mass is 16.5. The van der Waals surface area contributed by atoms with Gasteiger partial charge in [-0.05, 0) is 59.7 Å². The van der Waals surface area contributed by atoms with E-state index in [2.05, 4.69) is 46.5 Å². The van der Waals surface area contributed by atoms with Crippen molar-refractivity contribution in [1.82, 2.24) is 25.2 Å². The van der Waals surface area contributed by atoms with Gasteiger partial charge in [-0.1, -0.05) is 12.1 Å². The number of nitrogens with zero attached hydrogens (tertiary/aromatic N) is 4. The van der Waals surface area contributed by atoms with Gasteiger partial charge in [-0.15, -0.1) is 5.10 Å². The quantitative estimate of drug-likeness (QED) is 0.658. The van der Waals surface area contributed by atoms with Crippen LogP contribution >= 0.6 is 0 Å². The molecule has 4 heterocycles. The highest BCUT2D eigenvalue weighted by Crippen LogP contribution is 2.23. The van der Waals surface area contributed by atoms with E-state index in [9.17, 15) is 4.79 Å². The summed E-state index contributed by atoms with van der Waals surface area (Å²) in [6.45, 7) is 7.59. The van der Waals surface area contributed by atoms with E-state index >= 15 is 0 Å². The van der Waals surface area contributed by atoms with Crippen molar-refractivity contribution in [3.63, 3.8) is 0 Å². The van der Waals surface area contributed by atoms with Crippen molar-refractivity contribution < 1.29 is 9.64 Å². The molecule has 0 saturated carbocycles. The Labute approximate surface area is 175 Å². The molecule has 2 aromatic heterocycles. The van der Waals surface area contributed by atoms with E-state index in [1.807, 2.05) is 10.7 Å².